The van der Waals surface area contributed by atoms with Crippen LogP contribution in [0.25, 0.3) is 0 Å². The monoisotopic (exact) mass is 290 g/mol. The average molecular weight is 290 g/mol. The molecule has 0 saturated carbocycles. The molecule has 0 aliphatic carbocycles. The summed E-state index contributed by atoms with van der Waals surface area (Å²) in [6.45, 7) is 5.21. The number of halogens is 3. The van der Waals surface area contributed by atoms with Crippen LogP contribution in [0.3, 0.4) is 0 Å². The first-order chi connectivity index (χ1) is 5.37. The second kappa shape index (κ2) is 5.35. The second-order valence-corrected chi connectivity index (χ2v) is 5.11. The normalized spacial score (nSPS) is 17.5. The van der Waals surface area contributed by atoms with E-state index in [4.69, 9.17) is 0 Å². The summed E-state index contributed by atoms with van der Waals surface area (Å²) in [6.07, 6.45) is 1.72. The third-order valence-corrected chi connectivity index (χ3v) is 3.97. The van der Waals surface area contributed by atoms with Crippen molar-refractivity contribution in [2.24, 2.45) is 5.92 Å². The molecule has 0 amide bonds. The van der Waals surface area contributed by atoms with Crippen LogP contribution in [0.1, 0.15) is 40.0 Å². The minimum atomic E-state index is -2.49. The SMILES string of the molecule is CC[C@@H](C)C(I)CCC(C)(F)F. The summed E-state index contributed by atoms with van der Waals surface area (Å²) in [6, 6.07) is 0. The molecule has 0 aromatic carbocycles. The largest absolute Gasteiger partial charge is 0.245 e. The first-order valence-corrected chi connectivity index (χ1v) is 5.63. The lowest BCUT2D eigenvalue weighted by atomic mass is 10.0. The molecule has 0 heterocycles. The van der Waals surface area contributed by atoms with Crippen LogP contribution in [0.15, 0.2) is 0 Å². The van der Waals surface area contributed by atoms with Gasteiger partial charge >= 0.3 is 0 Å². The van der Waals surface area contributed by atoms with Gasteiger partial charge in [-0.15, -0.1) is 0 Å². The van der Waals surface area contributed by atoms with Gasteiger partial charge in [0.05, 0.1) is 0 Å². The van der Waals surface area contributed by atoms with E-state index in [1.807, 2.05) is 0 Å². The molecule has 0 fully saturated rings. The van der Waals surface area contributed by atoms with Gasteiger partial charge < -0.3 is 0 Å². The Labute approximate surface area is 87.3 Å². The van der Waals surface area contributed by atoms with E-state index < -0.39 is 5.92 Å². The standard InChI is InChI=1S/C9H17F2I/c1-4-7(2)8(12)5-6-9(3,10)11/h7-8H,4-6H2,1-3H3/t7-,8?/m1/s1. The first kappa shape index (κ1) is 12.6. The van der Waals surface area contributed by atoms with Crippen LogP contribution < -0.4 is 0 Å². The summed E-state index contributed by atoms with van der Waals surface area (Å²) in [5.41, 5.74) is 0. The molecule has 0 aliphatic rings. The van der Waals surface area contributed by atoms with E-state index in [-0.39, 0.29) is 6.42 Å². The molecule has 0 N–H and O–H groups in total. The molecule has 74 valence electrons. The van der Waals surface area contributed by atoms with Crippen LogP contribution in [-0.4, -0.2) is 9.85 Å². The predicted octanol–water partition coefficient (Wildman–Crippen LogP) is 4.27. The van der Waals surface area contributed by atoms with E-state index in [2.05, 4.69) is 36.4 Å². The molecule has 0 nitrogen and oxygen atoms in total. The van der Waals surface area contributed by atoms with E-state index in [1.54, 1.807) is 0 Å². The second-order valence-electron chi connectivity index (χ2n) is 3.51. The molecular formula is C9H17F2I. The van der Waals surface area contributed by atoms with Crippen LogP contribution in [0.2, 0.25) is 0 Å². The smallest absolute Gasteiger partial charge is 0.207 e. The van der Waals surface area contributed by atoms with Gasteiger partial charge in [-0.3, -0.25) is 0 Å². The molecule has 0 aliphatic heterocycles. The van der Waals surface area contributed by atoms with Crippen molar-refractivity contribution in [3.63, 3.8) is 0 Å². The fraction of sp³-hybridized carbons (Fsp3) is 1.00. The Hall–Kier alpha value is 0.590. The topological polar surface area (TPSA) is 0 Å². The van der Waals surface area contributed by atoms with Crippen LogP contribution in [0, 0.1) is 5.92 Å². The molecule has 0 rings (SSSR count). The molecule has 0 spiro atoms. The van der Waals surface area contributed by atoms with E-state index in [9.17, 15) is 8.78 Å². The summed E-state index contributed by atoms with van der Waals surface area (Å²) >= 11 is 2.27. The molecule has 0 aromatic rings. The van der Waals surface area contributed by atoms with Crippen molar-refractivity contribution in [1.82, 2.24) is 0 Å². The summed E-state index contributed by atoms with van der Waals surface area (Å²) in [5.74, 6) is -1.94. The van der Waals surface area contributed by atoms with Crippen LogP contribution >= 0.6 is 22.6 Å². The predicted molar refractivity (Wildman–Crippen MR) is 57.1 cm³/mol. The van der Waals surface area contributed by atoms with Crippen molar-refractivity contribution in [2.75, 3.05) is 0 Å². The quantitative estimate of drug-likeness (QED) is 0.524. The van der Waals surface area contributed by atoms with Gasteiger partial charge in [0, 0.05) is 10.3 Å². The third-order valence-electron chi connectivity index (χ3n) is 2.12. The van der Waals surface area contributed by atoms with Gasteiger partial charge in [-0.1, -0.05) is 42.9 Å². The van der Waals surface area contributed by atoms with Gasteiger partial charge in [0.25, 0.3) is 0 Å². The summed E-state index contributed by atoms with van der Waals surface area (Å²) in [7, 11) is 0. The highest BCUT2D eigenvalue weighted by atomic mass is 127. The lowest BCUT2D eigenvalue weighted by Crippen LogP contribution is -2.16. The summed E-state index contributed by atoms with van der Waals surface area (Å²) in [5, 5.41) is 0. The fourth-order valence-corrected chi connectivity index (χ4v) is 1.75. The van der Waals surface area contributed by atoms with Crippen molar-refractivity contribution < 1.29 is 8.78 Å². The van der Waals surface area contributed by atoms with Crippen LogP contribution in [0.5, 0.6) is 0 Å². The number of rotatable bonds is 5. The zero-order valence-corrected chi connectivity index (χ0v) is 10.1. The van der Waals surface area contributed by atoms with Crippen LogP contribution in [0.4, 0.5) is 8.78 Å². The van der Waals surface area contributed by atoms with Gasteiger partial charge in [-0.05, 0) is 19.3 Å². The van der Waals surface area contributed by atoms with E-state index >= 15 is 0 Å². The maximum atomic E-state index is 12.4. The lowest BCUT2D eigenvalue weighted by Gasteiger charge is -2.18. The average Bonchev–Trinajstić information content (AvgIpc) is 1.97. The zero-order valence-electron chi connectivity index (χ0n) is 7.91. The van der Waals surface area contributed by atoms with E-state index in [0.29, 0.717) is 16.3 Å². The number of hydrogen-bond acceptors (Lipinski definition) is 0. The minimum absolute atomic E-state index is 0.0188. The molecular weight excluding hydrogens is 273 g/mol. The Kier molecular flexibility index (Phi) is 5.61. The maximum Gasteiger partial charge on any atom is 0.245 e. The molecule has 2 atom stereocenters. The highest BCUT2D eigenvalue weighted by Crippen LogP contribution is 2.27. The highest BCUT2D eigenvalue weighted by molar-refractivity contribution is 14.1. The van der Waals surface area contributed by atoms with Crippen molar-refractivity contribution in [3.05, 3.63) is 0 Å². The number of hydrogen-bond donors (Lipinski definition) is 0. The zero-order chi connectivity index (χ0) is 9.78. The highest BCUT2D eigenvalue weighted by Gasteiger charge is 2.23. The van der Waals surface area contributed by atoms with Gasteiger partial charge in [0.2, 0.25) is 5.92 Å². The van der Waals surface area contributed by atoms with E-state index in [1.165, 1.54) is 0 Å². The van der Waals surface area contributed by atoms with E-state index in [0.717, 1.165) is 13.3 Å². The van der Waals surface area contributed by atoms with Gasteiger partial charge in [0.15, 0.2) is 0 Å². The minimum Gasteiger partial charge on any atom is -0.207 e. The fourth-order valence-electron chi connectivity index (χ4n) is 0.932. The van der Waals surface area contributed by atoms with Gasteiger partial charge in [-0.25, -0.2) is 8.78 Å². The molecule has 0 saturated heterocycles. The first-order valence-electron chi connectivity index (χ1n) is 4.38. The maximum absolute atomic E-state index is 12.4. The Balaban J connectivity index is 3.64. The van der Waals surface area contributed by atoms with Gasteiger partial charge in [-0.2, -0.15) is 0 Å². The third kappa shape index (κ3) is 6.14. The molecule has 0 aromatic heterocycles. The van der Waals surface area contributed by atoms with Gasteiger partial charge in [0.1, 0.15) is 0 Å². The number of alkyl halides is 3. The Morgan fingerprint density at radius 2 is 1.92 bits per heavy atom. The lowest BCUT2D eigenvalue weighted by molar-refractivity contribution is 0.0104. The van der Waals surface area contributed by atoms with Crippen molar-refractivity contribution >= 4 is 22.6 Å². The molecule has 0 radical (unpaired) electrons. The summed E-state index contributed by atoms with van der Waals surface area (Å²) in [4.78, 5) is 0. The Morgan fingerprint density at radius 3 is 2.25 bits per heavy atom. The van der Waals surface area contributed by atoms with Crippen molar-refractivity contribution in [3.8, 4) is 0 Å². The van der Waals surface area contributed by atoms with Crippen LogP contribution in [-0.2, 0) is 0 Å². The van der Waals surface area contributed by atoms with Crippen molar-refractivity contribution in [1.29, 1.82) is 0 Å². The summed E-state index contributed by atoms with van der Waals surface area (Å²) < 4.78 is 25.3. The molecule has 3 heteroatoms. The molecule has 12 heavy (non-hydrogen) atoms. The Morgan fingerprint density at radius 1 is 1.42 bits per heavy atom. The van der Waals surface area contributed by atoms with Crippen molar-refractivity contribution in [2.45, 2.75) is 49.9 Å². The molecule has 0 bridgehead atoms. The Bertz CT molecular complexity index is 120. The molecule has 1 unspecified atom stereocenters.